The van der Waals surface area contributed by atoms with Crippen molar-refractivity contribution >= 4 is 5.69 Å². The molecule has 0 unspecified atom stereocenters. The Hall–Kier alpha value is -3.06. The third-order valence-electron chi connectivity index (χ3n) is 7.90. The highest BCUT2D eigenvalue weighted by atomic mass is 16.5. The number of hydrogen-bond donors (Lipinski definition) is 1. The fraction of sp³-hybridized carbons (Fsp3) is 0.562. The van der Waals surface area contributed by atoms with Crippen LogP contribution in [0, 0.1) is 0 Å². The summed E-state index contributed by atoms with van der Waals surface area (Å²) in [5.74, 6) is 0.990. The van der Waals surface area contributed by atoms with Gasteiger partial charge in [0.15, 0.2) is 0 Å². The minimum atomic E-state index is -0.0704. The first-order valence-electron chi connectivity index (χ1n) is 15.2. The number of anilines is 1. The second-order valence-corrected chi connectivity index (χ2v) is 10.9. The molecule has 1 saturated heterocycles. The van der Waals surface area contributed by atoms with Crippen LogP contribution in [-0.4, -0.2) is 100 Å². The maximum atomic E-state index is 6.68. The Morgan fingerprint density at radius 1 is 0.884 bits per heavy atom. The van der Waals surface area contributed by atoms with E-state index < -0.39 is 0 Å². The maximum Gasteiger partial charge on any atom is 0.142 e. The highest BCUT2D eigenvalue weighted by Crippen LogP contribution is 2.34. The van der Waals surface area contributed by atoms with Crippen molar-refractivity contribution in [2.75, 3.05) is 78.3 Å². The Bertz CT molecular complexity index is 1210. The molecule has 1 N–H and O–H groups in total. The first kappa shape index (κ1) is 31.4. The molecule has 2 aliphatic rings. The number of hydrogen-bond acceptors (Lipinski definition) is 10. The van der Waals surface area contributed by atoms with Gasteiger partial charge in [-0.05, 0) is 35.2 Å². The van der Waals surface area contributed by atoms with Gasteiger partial charge in [0.25, 0.3) is 0 Å². The van der Waals surface area contributed by atoms with Gasteiger partial charge in [0.2, 0.25) is 0 Å². The molecule has 2 aromatic carbocycles. The van der Waals surface area contributed by atoms with Gasteiger partial charge in [-0.3, -0.25) is 4.68 Å². The van der Waals surface area contributed by atoms with E-state index >= 15 is 0 Å². The Kier molecular flexibility index (Phi) is 12.2. The lowest BCUT2D eigenvalue weighted by Gasteiger charge is -2.39. The summed E-state index contributed by atoms with van der Waals surface area (Å²) < 4.78 is 36.9. The second-order valence-electron chi connectivity index (χ2n) is 10.9. The number of methoxy groups -OCH3 is 2. The van der Waals surface area contributed by atoms with Crippen LogP contribution in [0.2, 0.25) is 0 Å². The number of nitrogens with zero attached hydrogens (tertiary/aromatic N) is 4. The van der Waals surface area contributed by atoms with Crippen LogP contribution in [0.25, 0.3) is 0 Å². The molecule has 11 heteroatoms. The summed E-state index contributed by atoms with van der Waals surface area (Å²) in [6.07, 6.45) is 4.10. The minimum Gasteiger partial charge on any atom is -0.490 e. The van der Waals surface area contributed by atoms with Gasteiger partial charge < -0.3 is 38.6 Å². The van der Waals surface area contributed by atoms with Gasteiger partial charge in [-0.2, -0.15) is 5.10 Å². The number of piperidine rings is 1. The molecule has 0 saturated carbocycles. The molecule has 0 bridgehead atoms. The summed E-state index contributed by atoms with van der Waals surface area (Å²) in [5.41, 5.74) is 4.57. The van der Waals surface area contributed by atoms with Gasteiger partial charge in [-0.25, -0.2) is 4.98 Å². The number of benzene rings is 2. The summed E-state index contributed by atoms with van der Waals surface area (Å²) in [4.78, 5) is 6.42. The number of fused-ring (bicyclic) bond motifs is 1. The highest BCUT2D eigenvalue weighted by molar-refractivity contribution is 5.61. The zero-order chi connectivity index (χ0) is 29.7. The zero-order valence-corrected chi connectivity index (χ0v) is 25.4. The summed E-state index contributed by atoms with van der Waals surface area (Å²) in [5, 5.41) is 7.75. The third-order valence-corrected chi connectivity index (χ3v) is 7.90. The predicted octanol–water partition coefficient (Wildman–Crippen LogP) is 3.03. The zero-order valence-electron chi connectivity index (χ0n) is 25.4. The minimum absolute atomic E-state index is 0.0562. The molecule has 2 aliphatic heterocycles. The van der Waals surface area contributed by atoms with Crippen molar-refractivity contribution < 1.29 is 28.4 Å². The summed E-state index contributed by atoms with van der Waals surface area (Å²) >= 11 is 0. The van der Waals surface area contributed by atoms with Gasteiger partial charge in [0, 0.05) is 46.4 Å². The lowest BCUT2D eigenvalue weighted by atomic mass is 9.85. The molecule has 0 amide bonds. The Morgan fingerprint density at radius 3 is 2.49 bits per heavy atom. The number of nitrogens with one attached hydrogen (secondary N) is 1. The quantitative estimate of drug-likeness (QED) is 0.234. The molecule has 43 heavy (non-hydrogen) atoms. The lowest BCUT2D eigenvalue weighted by Crippen LogP contribution is -2.50. The molecule has 1 aromatic heterocycles. The van der Waals surface area contributed by atoms with E-state index in [1.807, 2.05) is 0 Å². The summed E-state index contributed by atoms with van der Waals surface area (Å²) in [7, 11) is 3.43. The maximum absolute atomic E-state index is 6.68. The molecule has 0 aliphatic carbocycles. The lowest BCUT2D eigenvalue weighted by molar-refractivity contribution is -0.0616. The molecular weight excluding hydrogens is 550 g/mol. The SMILES string of the molecule is COCCCN1CCOc2ccc(CO[C@H]3CNC[C@@H](OCCn4cncn4)[C@@H]3c3ccc(COCCOC)cc3)cc21. The topological polar surface area (TPSA) is 101 Å². The number of aromatic nitrogens is 3. The Morgan fingerprint density at radius 2 is 1.70 bits per heavy atom. The smallest absolute Gasteiger partial charge is 0.142 e. The van der Waals surface area contributed by atoms with E-state index in [9.17, 15) is 0 Å². The van der Waals surface area contributed by atoms with Crippen LogP contribution in [0.1, 0.15) is 29.0 Å². The van der Waals surface area contributed by atoms with Crippen molar-refractivity contribution in [3.8, 4) is 5.75 Å². The standard InChI is InChI=1S/C32H45N5O6/c1-38-13-3-10-36-11-14-41-29-9-6-26(18-28(29)36)22-43-31-20-33-19-30(42-15-12-37-24-34-23-35-37)32(31)27-7-4-25(5-8-27)21-40-17-16-39-2/h4-9,18,23-24,30-33H,3,10-17,19-22H2,1-2H3/t30-,31+,32+/m1/s1. The van der Waals surface area contributed by atoms with Crippen molar-refractivity contribution in [3.63, 3.8) is 0 Å². The average molecular weight is 596 g/mol. The van der Waals surface area contributed by atoms with Crippen molar-refractivity contribution in [1.82, 2.24) is 20.1 Å². The van der Waals surface area contributed by atoms with Crippen LogP contribution in [0.15, 0.2) is 55.1 Å². The second kappa shape index (κ2) is 16.7. The van der Waals surface area contributed by atoms with E-state index in [0.717, 1.165) is 61.8 Å². The van der Waals surface area contributed by atoms with Gasteiger partial charge in [0.1, 0.15) is 25.0 Å². The summed E-state index contributed by atoms with van der Waals surface area (Å²) in [6, 6.07) is 15.0. The predicted molar refractivity (Wildman–Crippen MR) is 163 cm³/mol. The van der Waals surface area contributed by atoms with E-state index in [1.165, 1.54) is 5.56 Å². The molecule has 234 valence electrons. The molecule has 0 spiro atoms. The molecule has 5 rings (SSSR count). The number of ether oxygens (including phenoxy) is 6. The third kappa shape index (κ3) is 8.98. The van der Waals surface area contributed by atoms with Crippen LogP contribution < -0.4 is 15.0 Å². The monoisotopic (exact) mass is 595 g/mol. The highest BCUT2D eigenvalue weighted by Gasteiger charge is 2.36. The van der Waals surface area contributed by atoms with Crippen molar-refractivity contribution in [3.05, 3.63) is 71.8 Å². The summed E-state index contributed by atoms with van der Waals surface area (Å²) in [6.45, 7) is 8.13. The van der Waals surface area contributed by atoms with Crippen LogP contribution in [0.4, 0.5) is 5.69 Å². The molecule has 1 fully saturated rings. The van der Waals surface area contributed by atoms with Crippen molar-refractivity contribution in [1.29, 1.82) is 0 Å². The van der Waals surface area contributed by atoms with Gasteiger partial charge in [-0.1, -0.05) is 30.3 Å². The van der Waals surface area contributed by atoms with Crippen LogP contribution in [0.3, 0.4) is 0 Å². The molecule has 3 atom stereocenters. The Labute approximate surface area is 254 Å². The first-order valence-corrected chi connectivity index (χ1v) is 15.2. The van der Waals surface area contributed by atoms with E-state index in [0.29, 0.717) is 46.2 Å². The molecule has 3 aromatic rings. The molecule has 3 heterocycles. The normalized spacial score (nSPS) is 20.1. The fourth-order valence-corrected chi connectivity index (χ4v) is 5.67. The Balaban J connectivity index is 1.27. The molecule has 11 nitrogen and oxygen atoms in total. The van der Waals surface area contributed by atoms with E-state index in [4.69, 9.17) is 28.4 Å². The van der Waals surface area contributed by atoms with Crippen molar-refractivity contribution in [2.45, 2.75) is 44.3 Å². The van der Waals surface area contributed by atoms with Crippen LogP contribution >= 0.6 is 0 Å². The van der Waals surface area contributed by atoms with Gasteiger partial charge in [0.05, 0.1) is 64.0 Å². The van der Waals surface area contributed by atoms with Crippen LogP contribution in [-0.2, 0) is 43.4 Å². The first-order chi connectivity index (χ1) is 21.2. The number of rotatable bonds is 17. The van der Waals surface area contributed by atoms with Crippen LogP contribution in [0.5, 0.6) is 5.75 Å². The molecule has 0 radical (unpaired) electrons. The largest absolute Gasteiger partial charge is 0.490 e. The fourth-order valence-electron chi connectivity index (χ4n) is 5.67. The van der Waals surface area contributed by atoms with E-state index in [2.05, 4.69) is 62.8 Å². The average Bonchev–Trinajstić information content (AvgIpc) is 3.56. The molecular formula is C32H45N5O6. The van der Waals surface area contributed by atoms with Crippen molar-refractivity contribution in [2.24, 2.45) is 0 Å². The van der Waals surface area contributed by atoms with E-state index in [-0.39, 0.29) is 18.1 Å². The van der Waals surface area contributed by atoms with Gasteiger partial charge >= 0.3 is 0 Å². The van der Waals surface area contributed by atoms with Gasteiger partial charge in [-0.15, -0.1) is 0 Å². The van der Waals surface area contributed by atoms with E-state index in [1.54, 1.807) is 31.6 Å².